The molecule has 6 rings (SSSR count). The molecule has 0 aliphatic carbocycles. The van der Waals surface area contributed by atoms with Gasteiger partial charge in [-0.05, 0) is 47.5 Å². The number of para-hydroxylation sites is 2. The zero-order chi connectivity index (χ0) is 25.9. The van der Waals surface area contributed by atoms with Crippen molar-refractivity contribution in [3.8, 4) is 22.8 Å². The van der Waals surface area contributed by atoms with E-state index >= 15 is 0 Å². The van der Waals surface area contributed by atoms with E-state index in [1.165, 1.54) is 6.20 Å². The average Bonchev–Trinajstić information content (AvgIpc) is 3.14. The van der Waals surface area contributed by atoms with Crippen LogP contribution in [0.25, 0.3) is 11.1 Å². The van der Waals surface area contributed by atoms with Crippen molar-refractivity contribution in [2.24, 2.45) is 0 Å². The highest BCUT2D eigenvalue weighted by Gasteiger charge is 2.27. The van der Waals surface area contributed by atoms with Crippen LogP contribution < -0.4 is 15.0 Å². The van der Waals surface area contributed by atoms with E-state index in [0.717, 1.165) is 16.7 Å². The van der Waals surface area contributed by atoms with Gasteiger partial charge in [0.1, 0.15) is 5.82 Å². The predicted molar refractivity (Wildman–Crippen MR) is 145 cm³/mol. The number of hydrogen-bond acceptors (Lipinski definition) is 5. The summed E-state index contributed by atoms with van der Waals surface area (Å²) < 4.78 is 6.00. The number of nitrogens with zero attached hydrogens (tertiary/aromatic N) is 3. The van der Waals surface area contributed by atoms with Crippen LogP contribution in [0.3, 0.4) is 0 Å². The minimum Gasteiger partial charge on any atom is -0.436 e. The molecule has 3 heterocycles. The largest absolute Gasteiger partial charge is 0.436 e. The van der Waals surface area contributed by atoms with Crippen LogP contribution in [0.1, 0.15) is 26.3 Å². The van der Waals surface area contributed by atoms with Crippen molar-refractivity contribution in [1.29, 1.82) is 0 Å². The van der Waals surface area contributed by atoms with Gasteiger partial charge in [0, 0.05) is 23.5 Å². The van der Waals surface area contributed by atoms with E-state index in [1.54, 1.807) is 29.3 Å². The average molecular weight is 499 g/mol. The Balaban J connectivity index is 1.24. The molecule has 1 aliphatic heterocycles. The van der Waals surface area contributed by atoms with Gasteiger partial charge in [-0.1, -0.05) is 66.7 Å². The van der Waals surface area contributed by atoms with Crippen molar-refractivity contribution in [3.63, 3.8) is 0 Å². The lowest BCUT2D eigenvalue weighted by Crippen LogP contribution is -2.30. The smallest absolute Gasteiger partial charge is 0.260 e. The van der Waals surface area contributed by atoms with Crippen molar-refractivity contribution in [2.45, 2.75) is 6.54 Å². The maximum absolute atomic E-state index is 13.6. The van der Waals surface area contributed by atoms with Gasteiger partial charge in [-0.2, -0.15) is 0 Å². The third-order valence-corrected chi connectivity index (χ3v) is 6.29. The first-order valence-corrected chi connectivity index (χ1v) is 12.1. The van der Waals surface area contributed by atoms with Crippen LogP contribution in [0, 0.1) is 0 Å². The number of nitrogens with one attached hydrogen (secondary N) is 1. The van der Waals surface area contributed by atoms with Crippen LogP contribution in [0.15, 0.2) is 116 Å². The molecule has 2 amide bonds. The van der Waals surface area contributed by atoms with Crippen LogP contribution in [-0.4, -0.2) is 21.8 Å². The molecule has 2 aromatic heterocycles. The van der Waals surface area contributed by atoms with Crippen molar-refractivity contribution in [2.75, 3.05) is 10.2 Å². The van der Waals surface area contributed by atoms with Gasteiger partial charge in [0.15, 0.2) is 5.75 Å². The fraction of sp³-hybridized carbons (Fsp3) is 0.0323. The molecule has 0 saturated heterocycles. The standard InChI is InChI=1S/C31H22N4O3/c36-29(25-13-5-4-12-24(25)21-9-2-1-3-10-21)34-28-17-16-22(19-33-28)31(37)35-20-23-11-8-18-32-30(23)38-27-15-7-6-14-26(27)35/h1-19H,20H2,(H,33,34,36). The Bertz CT molecular complexity index is 1640. The molecule has 0 saturated carbocycles. The highest BCUT2D eigenvalue weighted by atomic mass is 16.5. The molecule has 0 atom stereocenters. The molecule has 38 heavy (non-hydrogen) atoms. The second-order valence-electron chi connectivity index (χ2n) is 8.73. The maximum atomic E-state index is 13.6. The lowest BCUT2D eigenvalue weighted by molar-refractivity contribution is 0.0984. The number of amides is 2. The number of fused-ring (bicyclic) bond motifs is 2. The van der Waals surface area contributed by atoms with E-state index in [0.29, 0.717) is 40.8 Å². The quantitative estimate of drug-likeness (QED) is 0.312. The number of aromatic nitrogens is 2. The van der Waals surface area contributed by atoms with Crippen LogP contribution in [0.5, 0.6) is 11.6 Å². The number of ether oxygens (including phenoxy) is 1. The first-order chi connectivity index (χ1) is 18.7. The lowest BCUT2D eigenvalue weighted by Gasteiger charge is -2.22. The zero-order valence-corrected chi connectivity index (χ0v) is 20.2. The molecule has 0 unspecified atom stereocenters. The normalized spacial score (nSPS) is 11.9. The van der Waals surface area contributed by atoms with Crippen LogP contribution in [-0.2, 0) is 6.54 Å². The van der Waals surface area contributed by atoms with Gasteiger partial charge in [0.25, 0.3) is 11.8 Å². The summed E-state index contributed by atoms with van der Waals surface area (Å²) in [6.45, 7) is 0.299. The molecule has 0 fully saturated rings. The Morgan fingerprint density at radius 1 is 0.789 bits per heavy atom. The summed E-state index contributed by atoms with van der Waals surface area (Å²) in [7, 11) is 0. The van der Waals surface area contributed by atoms with E-state index in [1.807, 2.05) is 84.9 Å². The zero-order valence-electron chi connectivity index (χ0n) is 20.2. The van der Waals surface area contributed by atoms with Crippen LogP contribution in [0.2, 0.25) is 0 Å². The second kappa shape index (κ2) is 9.99. The number of rotatable bonds is 4. The minimum absolute atomic E-state index is 0.238. The summed E-state index contributed by atoms with van der Waals surface area (Å²) in [5.74, 6) is 0.856. The molecule has 7 nitrogen and oxygen atoms in total. The van der Waals surface area contributed by atoms with Crippen molar-refractivity contribution >= 4 is 23.3 Å². The number of carbonyl (C=O) groups excluding carboxylic acids is 2. The number of hydrogen-bond donors (Lipinski definition) is 1. The van der Waals surface area contributed by atoms with Gasteiger partial charge < -0.3 is 15.0 Å². The first kappa shape index (κ1) is 23.1. The minimum atomic E-state index is -0.279. The van der Waals surface area contributed by atoms with Crippen molar-refractivity contribution in [3.05, 3.63) is 132 Å². The van der Waals surface area contributed by atoms with Gasteiger partial charge in [0.2, 0.25) is 5.88 Å². The molecule has 0 spiro atoms. The van der Waals surface area contributed by atoms with Crippen LogP contribution in [0.4, 0.5) is 11.5 Å². The van der Waals surface area contributed by atoms with E-state index < -0.39 is 0 Å². The summed E-state index contributed by atoms with van der Waals surface area (Å²) >= 11 is 0. The summed E-state index contributed by atoms with van der Waals surface area (Å²) in [6, 6.07) is 31.5. The summed E-state index contributed by atoms with van der Waals surface area (Å²) in [5, 5.41) is 2.85. The number of anilines is 2. The molecule has 0 radical (unpaired) electrons. The Morgan fingerprint density at radius 3 is 2.42 bits per heavy atom. The number of pyridine rings is 2. The Labute approximate surface area is 219 Å². The summed E-state index contributed by atoms with van der Waals surface area (Å²) in [4.78, 5) is 37.1. The molecule has 0 bridgehead atoms. The Kier molecular flexibility index (Phi) is 6.08. The maximum Gasteiger partial charge on any atom is 0.260 e. The monoisotopic (exact) mass is 498 g/mol. The third kappa shape index (κ3) is 4.49. The molecular weight excluding hydrogens is 476 g/mol. The van der Waals surface area contributed by atoms with Crippen LogP contribution >= 0.6 is 0 Å². The third-order valence-electron chi connectivity index (χ3n) is 6.29. The number of benzene rings is 3. The highest BCUT2D eigenvalue weighted by molar-refractivity contribution is 6.09. The topological polar surface area (TPSA) is 84.4 Å². The van der Waals surface area contributed by atoms with E-state index in [-0.39, 0.29) is 11.8 Å². The number of carbonyl (C=O) groups is 2. The molecular formula is C31H22N4O3. The van der Waals surface area contributed by atoms with Gasteiger partial charge in [0.05, 0.1) is 17.8 Å². The SMILES string of the molecule is O=C(Nc1ccc(C(=O)N2Cc3cccnc3Oc3ccccc32)cn1)c1ccccc1-c1ccccc1. The molecule has 184 valence electrons. The summed E-state index contributed by atoms with van der Waals surface area (Å²) in [5.41, 5.74) is 4.14. The first-order valence-electron chi connectivity index (χ1n) is 12.1. The molecule has 7 heteroatoms. The summed E-state index contributed by atoms with van der Waals surface area (Å²) in [6.07, 6.45) is 3.13. The lowest BCUT2D eigenvalue weighted by atomic mass is 9.99. The fourth-order valence-electron chi connectivity index (χ4n) is 4.43. The van der Waals surface area contributed by atoms with Gasteiger partial charge >= 0.3 is 0 Å². The molecule has 5 aromatic rings. The highest BCUT2D eigenvalue weighted by Crippen LogP contribution is 2.38. The molecule has 1 aliphatic rings. The Morgan fingerprint density at radius 2 is 1.58 bits per heavy atom. The van der Waals surface area contributed by atoms with Gasteiger partial charge in [-0.15, -0.1) is 0 Å². The second-order valence-corrected chi connectivity index (χ2v) is 8.73. The molecule has 3 aromatic carbocycles. The van der Waals surface area contributed by atoms with Crippen molar-refractivity contribution in [1.82, 2.24) is 9.97 Å². The van der Waals surface area contributed by atoms with Gasteiger partial charge in [-0.3, -0.25) is 9.59 Å². The van der Waals surface area contributed by atoms with Gasteiger partial charge in [-0.25, -0.2) is 9.97 Å². The van der Waals surface area contributed by atoms with Crippen molar-refractivity contribution < 1.29 is 14.3 Å². The van der Waals surface area contributed by atoms with E-state index in [4.69, 9.17) is 4.74 Å². The van der Waals surface area contributed by atoms with E-state index in [9.17, 15) is 9.59 Å². The predicted octanol–water partition coefficient (Wildman–Crippen LogP) is 6.35. The Hall–Kier alpha value is -5.30. The molecule has 1 N–H and O–H groups in total. The fourth-order valence-corrected chi connectivity index (χ4v) is 4.43. The van der Waals surface area contributed by atoms with E-state index in [2.05, 4.69) is 15.3 Å².